The molecule has 0 aliphatic carbocycles. The molecule has 4 aromatic carbocycles. The fourth-order valence-electron chi connectivity index (χ4n) is 5.21. The monoisotopic (exact) mass is 565 g/mol. The Hall–Kier alpha value is -2.80. The molecule has 7 heteroatoms. The number of rotatable bonds is 14. The van der Waals surface area contributed by atoms with Gasteiger partial charge in [-0.25, -0.2) is 8.42 Å². The second-order valence-corrected chi connectivity index (χ2v) is 12.8. The Balaban J connectivity index is 1.22. The van der Waals surface area contributed by atoms with Crippen molar-refractivity contribution in [2.75, 3.05) is 56.2 Å². The van der Waals surface area contributed by atoms with E-state index in [0.29, 0.717) is 11.3 Å². The minimum absolute atomic E-state index is 0.162. The Morgan fingerprint density at radius 3 is 2.33 bits per heavy atom. The quantitative estimate of drug-likeness (QED) is 0.161. The van der Waals surface area contributed by atoms with Gasteiger partial charge in [-0.3, -0.25) is 0 Å². The van der Waals surface area contributed by atoms with Gasteiger partial charge < -0.3 is 15.1 Å². The molecule has 0 heterocycles. The average Bonchev–Trinajstić information content (AvgIpc) is 2.92. The van der Waals surface area contributed by atoms with Gasteiger partial charge in [0.2, 0.25) is 0 Å². The fourth-order valence-corrected chi connectivity index (χ4v) is 6.92. The highest BCUT2D eigenvalue weighted by molar-refractivity contribution is 7.91. The first-order valence-electron chi connectivity index (χ1n) is 13.9. The van der Waals surface area contributed by atoms with E-state index >= 15 is 0 Å². The lowest BCUT2D eigenvalue weighted by Crippen LogP contribution is -2.27. The smallest absolute Gasteiger partial charge is 0.179 e. The predicted octanol–water partition coefficient (Wildman–Crippen LogP) is 7.48. The van der Waals surface area contributed by atoms with Gasteiger partial charge in [0.1, 0.15) is 0 Å². The second kappa shape index (κ2) is 13.5. The van der Waals surface area contributed by atoms with Crippen LogP contribution in [0.2, 0.25) is 5.02 Å². The Morgan fingerprint density at radius 2 is 1.54 bits per heavy atom. The van der Waals surface area contributed by atoms with Crippen LogP contribution in [0.4, 0.5) is 11.4 Å². The first-order valence-corrected chi connectivity index (χ1v) is 15.9. The summed E-state index contributed by atoms with van der Waals surface area (Å²) in [7, 11) is 0.588. The van der Waals surface area contributed by atoms with Crippen molar-refractivity contribution in [3.05, 3.63) is 77.8 Å². The lowest BCUT2D eigenvalue weighted by Gasteiger charge is -2.20. The van der Waals surface area contributed by atoms with Crippen LogP contribution in [0.25, 0.3) is 21.5 Å². The summed E-state index contributed by atoms with van der Waals surface area (Å²) in [5.41, 5.74) is 2.17. The number of fused-ring (bicyclic) bond motifs is 2. The zero-order valence-electron chi connectivity index (χ0n) is 23.3. The van der Waals surface area contributed by atoms with Gasteiger partial charge in [0.25, 0.3) is 0 Å². The van der Waals surface area contributed by atoms with Gasteiger partial charge >= 0.3 is 0 Å². The molecule has 4 rings (SSSR count). The SMILES string of the molecule is CCN(CCCCCNc1cccc2cc(Cl)ccc12)CCCS(=O)(=O)c1cccc2c(N(C)C)cccc12. The highest BCUT2D eigenvalue weighted by Crippen LogP contribution is 2.31. The molecule has 0 spiro atoms. The Kier molecular flexibility index (Phi) is 10.1. The molecule has 208 valence electrons. The van der Waals surface area contributed by atoms with Gasteiger partial charge in [-0.1, -0.05) is 67.4 Å². The normalized spacial score (nSPS) is 11.9. The van der Waals surface area contributed by atoms with Gasteiger partial charge in [-0.2, -0.15) is 0 Å². The van der Waals surface area contributed by atoms with Crippen molar-refractivity contribution in [1.82, 2.24) is 4.90 Å². The Bertz CT molecular complexity index is 1500. The van der Waals surface area contributed by atoms with E-state index in [1.54, 1.807) is 6.07 Å². The number of nitrogens with one attached hydrogen (secondary N) is 1. The standard InChI is InChI=1S/C32H40ClN3O2S/c1-4-36(21-7-5-6-20-34-30-15-8-12-25-24-26(33)18-19-27(25)30)22-11-23-39(37,38)32-17-10-13-28-29(32)14-9-16-31(28)35(2)3/h8-10,12-19,24,34H,4-7,11,20-23H2,1-3H3. The molecule has 1 N–H and O–H groups in total. The maximum Gasteiger partial charge on any atom is 0.179 e. The van der Waals surface area contributed by atoms with Crippen molar-refractivity contribution in [2.24, 2.45) is 0 Å². The molecule has 5 nitrogen and oxygen atoms in total. The van der Waals surface area contributed by atoms with Gasteiger partial charge in [-0.15, -0.1) is 0 Å². The van der Waals surface area contributed by atoms with Crippen LogP contribution in [-0.4, -0.2) is 59.3 Å². The largest absolute Gasteiger partial charge is 0.385 e. The zero-order valence-corrected chi connectivity index (χ0v) is 24.9. The molecule has 0 aromatic heterocycles. The third-order valence-corrected chi connectivity index (χ3v) is 9.41. The molecule has 0 saturated heterocycles. The summed E-state index contributed by atoms with van der Waals surface area (Å²) in [5, 5.41) is 8.44. The van der Waals surface area contributed by atoms with E-state index in [9.17, 15) is 8.42 Å². The topological polar surface area (TPSA) is 52.7 Å². The maximum atomic E-state index is 13.3. The number of hydrogen-bond acceptors (Lipinski definition) is 5. The molecule has 0 aliphatic heterocycles. The van der Waals surface area contributed by atoms with E-state index < -0.39 is 9.84 Å². The summed E-state index contributed by atoms with van der Waals surface area (Å²) < 4.78 is 26.6. The molecule has 0 bridgehead atoms. The first kappa shape index (κ1) is 29.2. The van der Waals surface area contributed by atoms with Crippen LogP contribution in [0, 0.1) is 0 Å². The van der Waals surface area contributed by atoms with Crippen LogP contribution in [0.5, 0.6) is 0 Å². The molecular formula is C32H40ClN3O2S. The molecule has 4 aromatic rings. The van der Waals surface area contributed by atoms with Crippen LogP contribution in [0.3, 0.4) is 0 Å². The van der Waals surface area contributed by atoms with Crippen LogP contribution in [0.15, 0.2) is 77.7 Å². The van der Waals surface area contributed by atoms with E-state index in [4.69, 9.17) is 11.6 Å². The van der Waals surface area contributed by atoms with E-state index in [-0.39, 0.29) is 5.75 Å². The lowest BCUT2D eigenvalue weighted by molar-refractivity contribution is 0.282. The van der Waals surface area contributed by atoms with Crippen molar-refractivity contribution in [3.8, 4) is 0 Å². The average molecular weight is 566 g/mol. The molecular weight excluding hydrogens is 526 g/mol. The van der Waals surface area contributed by atoms with Crippen molar-refractivity contribution in [2.45, 2.75) is 37.5 Å². The highest BCUT2D eigenvalue weighted by atomic mass is 35.5. The van der Waals surface area contributed by atoms with E-state index in [1.807, 2.05) is 61.5 Å². The van der Waals surface area contributed by atoms with E-state index in [0.717, 1.165) is 78.0 Å². The second-order valence-electron chi connectivity index (χ2n) is 10.3. The number of anilines is 2. The first-order chi connectivity index (χ1) is 18.8. The summed E-state index contributed by atoms with van der Waals surface area (Å²) in [5.74, 6) is 0.162. The summed E-state index contributed by atoms with van der Waals surface area (Å²) in [6, 6.07) is 23.7. The van der Waals surface area contributed by atoms with Gasteiger partial charge in [0, 0.05) is 53.2 Å². The van der Waals surface area contributed by atoms with Gasteiger partial charge in [0.05, 0.1) is 10.6 Å². The van der Waals surface area contributed by atoms with E-state index in [2.05, 4.69) is 41.4 Å². The minimum atomic E-state index is -3.37. The molecule has 39 heavy (non-hydrogen) atoms. The Labute approximate surface area is 238 Å². The zero-order chi connectivity index (χ0) is 27.8. The third-order valence-electron chi connectivity index (χ3n) is 7.32. The number of sulfone groups is 1. The van der Waals surface area contributed by atoms with Crippen molar-refractivity contribution < 1.29 is 8.42 Å². The van der Waals surface area contributed by atoms with Crippen molar-refractivity contribution in [3.63, 3.8) is 0 Å². The number of unbranched alkanes of at least 4 members (excludes halogenated alkanes) is 2. The van der Waals surface area contributed by atoms with Gasteiger partial charge in [0.15, 0.2) is 9.84 Å². The number of benzene rings is 4. The molecule has 0 saturated carbocycles. The van der Waals surface area contributed by atoms with Gasteiger partial charge in [-0.05, 0) is 74.6 Å². The number of halogens is 1. The summed E-state index contributed by atoms with van der Waals surface area (Å²) in [4.78, 5) is 4.83. The third kappa shape index (κ3) is 7.44. The molecule has 0 fully saturated rings. The number of nitrogens with zero attached hydrogens (tertiary/aromatic N) is 2. The molecule has 0 amide bonds. The predicted molar refractivity (Wildman–Crippen MR) is 168 cm³/mol. The molecule has 0 radical (unpaired) electrons. The minimum Gasteiger partial charge on any atom is -0.385 e. The summed E-state index contributed by atoms with van der Waals surface area (Å²) in [6.45, 7) is 5.78. The number of hydrogen-bond donors (Lipinski definition) is 1. The fraction of sp³-hybridized carbons (Fsp3) is 0.375. The molecule has 0 unspecified atom stereocenters. The van der Waals surface area contributed by atoms with Crippen LogP contribution in [0.1, 0.15) is 32.6 Å². The van der Waals surface area contributed by atoms with Crippen molar-refractivity contribution in [1.29, 1.82) is 0 Å². The lowest BCUT2D eigenvalue weighted by atomic mass is 10.1. The van der Waals surface area contributed by atoms with Crippen LogP contribution in [-0.2, 0) is 9.84 Å². The summed E-state index contributed by atoms with van der Waals surface area (Å²) >= 11 is 6.13. The van der Waals surface area contributed by atoms with Crippen LogP contribution < -0.4 is 10.2 Å². The highest BCUT2D eigenvalue weighted by Gasteiger charge is 2.19. The van der Waals surface area contributed by atoms with E-state index in [1.165, 1.54) is 5.39 Å². The maximum absolute atomic E-state index is 13.3. The molecule has 0 aliphatic rings. The van der Waals surface area contributed by atoms with Crippen LogP contribution >= 0.6 is 11.6 Å². The summed E-state index contributed by atoms with van der Waals surface area (Å²) in [6.07, 6.45) is 3.95. The van der Waals surface area contributed by atoms with Crippen molar-refractivity contribution >= 4 is 54.4 Å². The molecule has 0 atom stereocenters. The Morgan fingerprint density at radius 1 is 0.795 bits per heavy atom.